The third kappa shape index (κ3) is 12.1. The third-order valence-corrected chi connectivity index (χ3v) is 3.23. The molecular weight excluding hydrogens is 286 g/mol. The molecule has 0 amide bonds. The number of hydrogen-bond donors (Lipinski definition) is 2. The molecule has 0 spiro atoms. The maximum absolute atomic E-state index is 11.4. The van der Waals surface area contributed by atoms with Crippen molar-refractivity contribution in [2.45, 2.75) is 70.3 Å². The van der Waals surface area contributed by atoms with E-state index in [-0.39, 0.29) is 19.3 Å². The lowest BCUT2D eigenvalue weighted by molar-refractivity contribution is -0.160. The zero-order valence-electron chi connectivity index (χ0n) is 13.1. The molecule has 0 bridgehead atoms. The number of carbonyl (C=O) groups is 3. The molecule has 0 saturated heterocycles. The van der Waals surface area contributed by atoms with E-state index in [1.807, 2.05) is 6.08 Å². The van der Waals surface area contributed by atoms with Crippen LogP contribution in [0.4, 0.5) is 0 Å². The highest BCUT2D eigenvalue weighted by Crippen LogP contribution is 2.09. The molecule has 3 N–H and O–H groups in total. The summed E-state index contributed by atoms with van der Waals surface area (Å²) < 4.78 is 4.60. The van der Waals surface area contributed by atoms with Gasteiger partial charge in [0.1, 0.15) is 6.04 Å². The number of allylic oxidation sites excluding steroid dienone is 1. The van der Waals surface area contributed by atoms with Gasteiger partial charge < -0.3 is 15.6 Å². The van der Waals surface area contributed by atoms with Crippen LogP contribution in [-0.4, -0.2) is 29.1 Å². The Kier molecular flexibility index (Phi) is 12.0. The number of carbonyl (C=O) groups excluding carboxylic acids is 2. The van der Waals surface area contributed by atoms with Crippen molar-refractivity contribution in [2.75, 3.05) is 0 Å². The Balaban J connectivity index is 3.61. The predicted molar refractivity (Wildman–Crippen MR) is 83.1 cm³/mol. The van der Waals surface area contributed by atoms with E-state index >= 15 is 0 Å². The standard InChI is InChI=1S/C16H27NO5/c1-2-3-4-5-6-7-8-9-10-15(20)22-16(21)13(17)11-12-14(18)19/h2,13H,1,3-12,17H2,(H,18,19)/t13-/m0/s1. The highest BCUT2D eigenvalue weighted by Gasteiger charge is 2.19. The molecule has 0 fully saturated rings. The Morgan fingerprint density at radius 2 is 1.64 bits per heavy atom. The topological polar surface area (TPSA) is 107 Å². The zero-order valence-corrected chi connectivity index (χ0v) is 13.1. The van der Waals surface area contributed by atoms with E-state index in [1.165, 1.54) is 0 Å². The molecule has 6 heteroatoms. The summed E-state index contributed by atoms with van der Waals surface area (Å²) in [5, 5.41) is 8.48. The van der Waals surface area contributed by atoms with Crippen molar-refractivity contribution in [3.63, 3.8) is 0 Å². The fraction of sp³-hybridized carbons (Fsp3) is 0.688. The first-order valence-electron chi connectivity index (χ1n) is 7.80. The van der Waals surface area contributed by atoms with E-state index in [4.69, 9.17) is 10.8 Å². The Hall–Kier alpha value is -1.69. The second-order valence-electron chi connectivity index (χ2n) is 5.28. The van der Waals surface area contributed by atoms with Crippen LogP contribution >= 0.6 is 0 Å². The summed E-state index contributed by atoms with van der Waals surface area (Å²) in [7, 11) is 0. The lowest BCUT2D eigenvalue weighted by atomic mass is 10.1. The van der Waals surface area contributed by atoms with E-state index in [9.17, 15) is 14.4 Å². The van der Waals surface area contributed by atoms with Gasteiger partial charge in [-0.05, 0) is 25.7 Å². The molecule has 22 heavy (non-hydrogen) atoms. The maximum atomic E-state index is 11.4. The van der Waals surface area contributed by atoms with Gasteiger partial charge >= 0.3 is 17.9 Å². The van der Waals surface area contributed by atoms with Gasteiger partial charge in [0.15, 0.2) is 0 Å². The monoisotopic (exact) mass is 313 g/mol. The number of nitrogens with two attached hydrogens (primary N) is 1. The molecule has 0 aromatic carbocycles. The quantitative estimate of drug-likeness (QED) is 0.234. The third-order valence-electron chi connectivity index (χ3n) is 3.23. The number of aliphatic carboxylic acids is 1. The lowest BCUT2D eigenvalue weighted by Gasteiger charge is -2.09. The van der Waals surface area contributed by atoms with Crippen molar-refractivity contribution in [2.24, 2.45) is 5.73 Å². The van der Waals surface area contributed by atoms with Crippen molar-refractivity contribution in [3.05, 3.63) is 12.7 Å². The molecule has 0 radical (unpaired) electrons. The van der Waals surface area contributed by atoms with Crippen molar-refractivity contribution < 1.29 is 24.2 Å². The normalized spacial score (nSPS) is 11.7. The smallest absolute Gasteiger partial charge is 0.330 e. The van der Waals surface area contributed by atoms with Gasteiger partial charge in [-0.15, -0.1) is 6.58 Å². The average molecular weight is 313 g/mol. The first-order chi connectivity index (χ1) is 10.5. The highest BCUT2D eigenvalue weighted by atomic mass is 16.6. The molecule has 126 valence electrons. The number of ether oxygens (including phenoxy) is 1. The van der Waals surface area contributed by atoms with Crippen LogP contribution in [0.25, 0.3) is 0 Å². The fourth-order valence-electron chi connectivity index (χ4n) is 1.90. The summed E-state index contributed by atoms with van der Waals surface area (Å²) in [5.41, 5.74) is 5.45. The van der Waals surface area contributed by atoms with Gasteiger partial charge in [-0.2, -0.15) is 0 Å². The summed E-state index contributed by atoms with van der Waals surface area (Å²) in [4.78, 5) is 33.2. The van der Waals surface area contributed by atoms with Gasteiger partial charge in [-0.25, -0.2) is 4.79 Å². The van der Waals surface area contributed by atoms with Crippen LogP contribution in [0.5, 0.6) is 0 Å². The summed E-state index contributed by atoms with van der Waals surface area (Å²) in [5.74, 6) is -2.49. The SMILES string of the molecule is C=CCCCCCCCCC(=O)OC(=O)[C@@H](N)CCC(=O)O. The number of hydrogen-bond acceptors (Lipinski definition) is 5. The lowest BCUT2D eigenvalue weighted by Crippen LogP contribution is -2.34. The molecule has 1 atom stereocenters. The van der Waals surface area contributed by atoms with Crippen molar-refractivity contribution in [3.8, 4) is 0 Å². The van der Waals surface area contributed by atoms with Crippen molar-refractivity contribution >= 4 is 17.9 Å². The number of carboxylic acid groups (broad SMARTS) is 1. The highest BCUT2D eigenvalue weighted by molar-refractivity contribution is 5.88. The molecule has 0 rings (SSSR count). The number of rotatable bonds is 13. The average Bonchev–Trinajstić information content (AvgIpc) is 2.47. The molecule has 0 aliphatic carbocycles. The number of carboxylic acids is 1. The van der Waals surface area contributed by atoms with Crippen molar-refractivity contribution in [1.29, 1.82) is 0 Å². The molecule has 0 aromatic rings. The molecule has 0 heterocycles. The Morgan fingerprint density at radius 3 is 2.23 bits per heavy atom. The van der Waals surface area contributed by atoms with E-state index in [2.05, 4.69) is 11.3 Å². The molecule has 0 aromatic heterocycles. The van der Waals surface area contributed by atoms with Gasteiger partial charge in [0.2, 0.25) is 0 Å². The van der Waals surface area contributed by atoms with Gasteiger partial charge in [0.25, 0.3) is 0 Å². The van der Waals surface area contributed by atoms with Crippen LogP contribution in [0.2, 0.25) is 0 Å². The van der Waals surface area contributed by atoms with Crippen LogP contribution < -0.4 is 5.73 Å². The number of unbranched alkanes of at least 4 members (excludes halogenated alkanes) is 6. The Morgan fingerprint density at radius 1 is 1.05 bits per heavy atom. The minimum atomic E-state index is -1.06. The summed E-state index contributed by atoms with van der Waals surface area (Å²) in [6, 6.07) is -1.06. The van der Waals surface area contributed by atoms with Crippen LogP contribution in [0.15, 0.2) is 12.7 Å². The first-order valence-corrected chi connectivity index (χ1v) is 7.80. The van der Waals surface area contributed by atoms with Crippen molar-refractivity contribution in [1.82, 2.24) is 0 Å². The molecular formula is C16H27NO5. The molecule has 6 nitrogen and oxygen atoms in total. The maximum Gasteiger partial charge on any atom is 0.330 e. The zero-order chi connectivity index (χ0) is 16.8. The van der Waals surface area contributed by atoms with Crippen LogP contribution in [0.3, 0.4) is 0 Å². The molecule has 0 saturated carbocycles. The molecule has 0 unspecified atom stereocenters. The van der Waals surface area contributed by atoms with Gasteiger partial charge in [-0.1, -0.05) is 31.8 Å². The molecule has 0 aliphatic rings. The summed E-state index contributed by atoms with van der Waals surface area (Å²) >= 11 is 0. The van der Waals surface area contributed by atoms with Crippen LogP contribution in [0.1, 0.15) is 64.2 Å². The number of esters is 2. The van der Waals surface area contributed by atoms with E-state index in [0.29, 0.717) is 6.42 Å². The second kappa shape index (κ2) is 13.0. The molecule has 0 aliphatic heterocycles. The van der Waals surface area contributed by atoms with Gasteiger partial charge in [0.05, 0.1) is 0 Å². The largest absolute Gasteiger partial charge is 0.481 e. The minimum Gasteiger partial charge on any atom is -0.481 e. The van der Waals surface area contributed by atoms with Crippen LogP contribution in [-0.2, 0) is 19.1 Å². The van der Waals surface area contributed by atoms with Gasteiger partial charge in [0, 0.05) is 12.8 Å². The Bertz CT molecular complexity index is 368. The predicted octanol–water partition coefficient (Wildman–Crippen LogP) is 2.56. The summed E-state index contributed by atoms with van der Waals surface area (Å²) in [6.45, 7) is 3.67. The van der Waals surface area contributed by atoms with E-state index in [0.717, 1.165) is 38.5 Å². The second-order valence-corrected chi connectivity index (χ2v) is 5.28. The Labute approximate surface area is 131 Å². The first kappa shape index (κ1) is 20.3. The van der Waals surface area contributed by atoms with E-state index < -0.39 is 23.9 Å². The minimum absolute atomic E-state index is 0.0356. The van der Waals surface area contributed by atoms with Gasteiger partial charge in [-0.3, -0.25) is 9.59 Å². The van der Waals surface area contributed by atoms with E-state index in [1.54, 1.807) is 0 Å². The fourth-order valence-corrected chi connectivity index (χ4v) is 1.90. The van der Waals surface area contributed by atoms with Crippen LogP contribution in [0, 0.1) is 0 Å². The summed E-state index contributed by atoms with van der Waals surface area (Å²) in [6.07, 6.45) is 8.96.